The van der Waals surface area contributed by atoms with Crippen LogP contribution >= 0.6 is 0 Å². The van der Waals surface area contributed by atoms with Crippen molar-refractivity contribution in [2.45, 2.75) is 38.1 Å². The summed E-state index contributed by atoms with van der Waals surface area (Å²) in [5.74, 6) is -0.775. The van der Waals surface area contributed by atoms with Crippen LogP contribution in [0.1, 0.15) is 23.6 Å². The molecule has 0 bridgehead atoms. The van der Waals surface area contributed by atoms with E-state index in [0.29, 0.717) is 12.1 Å². The molecule has 1 unspecified atom stereocenters. The molecular weight excluding hydrogens is 474 g/mol. The summed E-state index contributed by atoms with van der Waals surface area (Å²) in [5, 5.41) is 2.59. The molecule has 0 aliphatic rings. The molecule has 3 aromatic carbocycles. The number of sulfonamides is 1. The minimum Gasteiger partial charge on any atom is -0.357 e. The number of benzene rings is 3. The Labute approximate surface area is 213 Å². The van der Waals surface area contributed by atoms with Crippen LogP contribution in [-0.2, 0) is 26.0 Å². The van der Waals surface area contributed by atoms with E-state index in [1.54, 1.807) is 31.2 Å². The number of likely N-dealkylation sites (N-methyl/N-ethyl adjacent to an activating group) is 1. The molecule has 190 valence electrons. The maximum Gasteiger partial charge on any atom is 0.264 e. The first-order valence-electron chi connectivity index (χ1n) is 11.8. The van der Waals surface area contributed by atoms with Crippen molar-refractivity contribution >= 4 is 27.5 Å². The molecule has 0 fully saturated rings. The zero-order chi connectivity index (χ0) is 26.3. The molecule has 2 amide bonds. The summed E-state index contributed by atoms with van der Waals surface area (Å²) in [7, 11) is -2.54. The summed E-state index contributed by atoms with van der Waals surface area (Å²) in [6.45, 7) is 5.17. The zero-order valence-corrected chi connectivity index (χ0v) is 22.0. The lowest BCUT2D eigenvalue weighted by Gasteiger charge is -2.32. The van der Waals surface area contributed by atoms with Crippen LogP contribution in [0.4, 0.5) is 5.69 Å². The second-order valence-corrected chi connectivity index (χ2v) is 10.6. The highest BCUT2D eigenvalue weighted by Gasteiger charge is 2.32. The number of aryl methyl sites for hydroxylation is 2. The molecule has 36 heavy (non-hydrogen) atoms. The molecule has 0 spiro atoms. The van der Waals surface area contributed by atoms with E-state index >= 15 is 0 Å². The first-order chi connectivity index (χ1) is 17.1. The zero-order valence-electron chi connectivity index (χ0n) is 21.1. The normalized spacial score (nSPS) is 12.0. The average molecular weight is 508 g/mol. The SMILES string of the molecule is CNC(=O)C(C)N(CCc1ccccc1)C(=O)CN(c1cc(C)ccc1C)S(=O)(=O)c1ccccc1. The highest BCUT2D eigenvalue weighted by molar-refractivity contribution is 7.92. The van der Waals surface area contributed by atoms with E-state index in [2.05, 4.69) is 5.32 Å². The molecule has 3 aromatic rings. The fraction of sp³-hybridized carbons (Fsp3) is 0.286. The Hall–Kier alpha value is -3.65. The molecule has 0 aliphatic heterocycles. The van der Waals surface area contributed by atoms with E-state index in [1.807, 2.05) is 56.3 Å². The number of anilines is 1. The number of carbonyl (C=O) groups excluding carboxylic acids is 2. The Kier molecular flexibility index (Phi) is 8.88. The Balaban J connectivity index is 2.00. The first kappa shape index (κ1) is 26.9. The predicted molar refractivity (Wildman–Crippen MR) is 142 cm³/mol. The smallest absolute Gasteiger partial charge is 0.264 e. The Morgan fingerprint density at radius 3 is 2.14 bits per heavy atom. The first-order valence-corrected chi connectivity index (χ1v) is 13.3. The Morgan fingerprint density at radius 2 is 1.53 bits per heavy atom. The van der Waals surface area contributed by atoms with Crippen LogP contribution in [0.15, 0.2) is 83.8 Å². The summed E-state index contributed by atoms with van der Waals surface area (Å²) in [6.07, 6.45) is 0.531. The van der Waals surface area contributed by atoms with Gasteiger partial charge >= 0.3 is 0 Å². The van der Waals surface area contributed by atoms with E-state index in [0.717, 1.165) is 21.0 Å². The molecule has 7 nitrogen and oxygen atoms in total. The van der Waals surface area contributed by atoms with Crippen molar-refractivity contribution in [3.05, 3.63) is 95.6 Å². The van der Waals surface area contributed by atoms with Crippen molar-refractivity contribution in [3.8, 4) is 0 Å². The van der Waals surface area contributed by atoms with Gasteiger partial charge in [0.2, 0.25) is 11.8 Å². The highest BCUT2D eigenvalue weighted by Crippen LogP contribution is 2.28. The summed E-state index contributed by atoms with van der Waals surface area (Å²) < 4.78 is 28.7. The molecule has 0 aromatic heterocycles. The summed E-state index contributed by atoms with van der Waals surface area (Å²) in [4.78, 5) is 27.8. The van der Waals surface area contributed by atoms with Crippen molar-refractivity contribution in [1.82, 2.24) is 10.2 Å². The molecule has 0 heterocycles. The van der Waals surface area contributed by atoms with E-state index in [4.69, 9.17) is 0 Å². The lowest BCUT2D eigenvalue weighted by atomic mass is 10.1. The standard InChI is InChI=1S/C28H33N3O4S/c1-21-15-16-22(2)26(19-21)31(36(34,35)25-13-9-6-10-14-25)20-27(32)30(23(3)28(33)29-4)18-17-24-11-7-5-8-12-24/h5-16,19,23H,17-18,20H2,1-4H3,(H,29,33). The van der Waals surface area contributed by atoms with Crippen molar-refractivity contribution in [1.29, 1.82) is 0 Å². The second kappa shape index (κ2) is 11.9. The number of hydrogen-bond donors (Lipinski definition) is 1. The van der Waals surface area contributed by atoms with Gasteiger partial charge in [0.05, 0.1) is 10.6 Å². The van der Waals surface area contributed by atoms with Crippen LogP contribution in [0.3, 0.4) is 0 Å². The molecule has 0 saturated heterocycles. The van der Waals surface area contributed by atoms with E-state index in [1.165, 1.54) is 24.1 Å². The lowest BCUT2D eigenvalue weighted by Crippen LogP contribution is -2.51. The number of nitrogens with one attached hydrogen (secondary N) is 1. The molecule has 3 rings (SSSR count). The predicted octanol–water partition coefficient (Wildman–Crippen LogP) is 3.70. The fourth-order valence-corrected chi connectivity index (χ4v) is 5.49. The van der Waals surface area contributed by atoms with Gasteiger partial charge in [-0.3, -0.25) is 13.9 Å². The second-order valence-electron chi connectivity index (χ2n) is 8.73. The third-order valence-electron chi connectivity index (χ3n) is 6.14. The maximum atomic E-state index is 13.8. The highest BCUT2D eigenvalue weighted by atomic mass is 32.2. The number of hydrogen-bond acceptors (Lipinski definition) is 4. The van der Waals surface area contributed by atoms with Gasteiger partial charge in [0, 0.05) is 13.6 Å². The number of nitrogens with zero attached hydrogens (tertiary/aromatic N) is 2. The molecule has 1 atom stereocenters. The number of amides is 2. The fourth-order valence-electron chi connectivity index (χ4n) is 4.00. The van der Waals surface area contributed by atoms with Crippen molar-refractivity contribution < 1.29 is 18.0 Å². The number of rotatable bonds is 10. The van der Waals surface area contributed by atoms with Gasteiger partial charge in [-0.2, -0.15) is 0 Å². The summed E-state index contributed by atoms with van der Waals surface area (Å²) in [6, 6.07) is 22.4. The van der Waals surface area contributed by atoms with Gasteiger partial charge in [0.15, 0.2) is 0 Å². The average Bonchev–Trinajstić information content (AvgIpc) is 2.89. The molecular formula is C28H33N3O4S. The summed E-state index contributed by atoms with van der Waals surface area (Å²) >= 11 is 0. The third-order valence-corrected chi connectivity index (χ3v) is 7.92. The third kappa shape index (κ3) is 6.31. The van der Waals surface area contributed by atoms with Crippen LogP contribution < -0.4 is 9.62 Å². The van der Waals surface area contributed by atoms with Crippen LogP contribution in [-0.4, -0.2) is 51.3 Å². The molecule has 0 aliphatic carbocycles. The van der Waals surface area contributed by atoms with Crippen molar-refractivity contribution in [2.75, 3.05) is 24.4 Å². The van der Waals surface area contributed by atoms with Gasteiger partial charge in [-0.1, -0.05) is 60.7 Å². The molecule has 0 radical (unpaired) electrons. The largest absolute Gasteiger partial charge is 0.357 e. The van der Waals surface area contributed by atoms with Crippen LogP contribution in [0.2, 0.25) is 0 Å². The van der Waals surface area contributed by atoms with Gasteiger partial charge in [0.25, 0.3) is 10.0 Å². The van der Waals surface area contributed by atoms with Gasteiger partial charge < -0.3 is 10.2 Å². The Bertz CT molecular complexity index is 1290. The van der Waals surface area contributed by atoms with Gasteiger partial charge in [0.1, 0.15) is 12.6 Å². The van der Waals surface area contributed by atoms with Gasteiger partial charge in [-0.15, -0.1) is 0 Å². The van der Waals surface area contributed by atoms with Crippen LogP contribution in [0.25, 0.3) is 0 Å². The quantitative estimate of drug-likeness (QED) is 0.453. The maximum absolute atomic E-state index is 13.8. The van der Waals surface area contributed by atoms with E-state index in [-0.39, 0.29) is 17.3 Å². The molecule has 1 N–H and O–H groups in total. The topological polar surface area (TPSA) is 86.8 Å². The minimum atomic E-state index is -4.06. The molecule has 0 saturated carbocycles. The Morgan fingerprint density at radius 1 is 0.917 bits per heavy atom. The number of carbonyl (C=O) groups is 2. The van der Waals surface area contributed by atoms with E-state index < -0.39 is 28.5 Å². The summed E-state index contributed by atoms with van der Waals surface area (Å²) in [5.41, 5.74) is 3.05. The van der Waals surface area contributed by atoms with Crippen molar-refractivity contribution in [2.24, 2.45) is 0 Å². The van der Waals surface area contributed by atoms with Gasteiger partial charge in [-0.25, -0.2) is 8.42 Å². The van der Waals surface area contributed by atoms with E-state index in [9.17, 15) is 18.0 Å². The van der Waals surface area contributed by atoms with Crippen molar-refractivity contribution in [3.63, 3.8) is 0 Å². The monoisotopic (exact) mass is 507 g/mol. The van der Waals surface area contributed by atoms with Crippen LogP contribution in [0.5, 0.6) is 0 Å². The van der Waals surface area contributed by atoms with Gasteiger partial charge in [-0.05, 0) is 62.1 Å². The minimum absolute atomic E-state index is 0.0916. The molecule has 8 heteroatoms. The van der Waals surface area contributed by atoms with Crippen LogP contribution in [0, 0.1) is 13.8 Å². The lowest BCUT2D eigenvalue weighted by molar-refractivity contribution is -0.138.